The van der Waals surface area contributed by atoms with E-state index in [4.69, 9.17) is 12.2 Å². The molecule has 1 amide bonds. The third kappa shape index (κ3) is 3.23. The topological polar surface area (TPSA) is 20.3 Å². The van der Waals surface area contributed by atoms with Crippen LogP contribution in [0.4, 0.5) is 5.69 Å². The predicted octanol–water partition coefficient (Wildman–Crippen LogP) is 4.96. The van der Waals surface area contributed by atoms with Crippen LogP contribution in [-0.2, 0) is 11.2 Å². The third-order valence-electron chi connectivity index (χ3n) is 3.78. The smallest absolute Gasteiger partial charge is 0.268 e. The van der Waals surface area contributed by atoms with Crippen molar-refractivity contribution in [2.45, 2.75) is 20.3 Å². The quantitative estimate of drug-likeness (QED) is 0.582. The number of amides is 1. The van der Waals surface area contributed by atoms with E-state index in [-0.39, 0.29) is 5.91 Å². The number of hydrogen-bond donors (Lipinski definition) is 0. The van der Waals surface area contributed by atoms with Crippen LogP contribution in [0.2, 0.25) is 0 Å². The monoisotopic (exact) mass is 339 g/mol. The Morgan fingerprint density at radius 2 is 1.83 bits per heavy atom. The molecular formula is C19H17NOS2. The maximum atomic E-state index is 12.8. The molecule has 2 nitrogen and oxygen atoms in total. The van der Waals surface area contributed by atoms with Crippen molar-refractivity contribution in [2.24, 2.45) is 0 Å². The van der Waals surface area contributed by atoms with Gasteiger partial charge in [0.15, 0.2) is 4.32 Å². The first kappa shape index (κ1) is 16.0. The molecule has 23 heavy (non-hydrogen) atoms. The van der Waals surface area contributed by atoms with E-state index in [1.165, 1.54) is 17.3 Å². The summed E-state index contributed by atoms with van der Waals surface area (Å²) in [7, 11) is 0. The molecule has 1 fully saturated rings. The summed E-state index contributed by atoms with van der Waals surface area (Å²) < 4.78 is 0.592. The van der Waals surface area contributed by atoms with Gasteiger partial charge >= 0.3 is 0 Å². The molecule has 4 heteroatoms. The lowest BCUT2D eigenvalue weighted by Gasteiger charge is -2.18. The molecule has 1 aliphatic heterocycles. The third-order valence-corrected chi connectivity index (χ3v) is 5.08. The van der Waals surface area contributed by atoms with Crippen LogP contribution in [-0.4, -0.2) is 10.2 Å². The second-order valence-electron chi connectivity index (χ2n) is 5.41. The molecule has 2 aromatic carbocycles. The Bertz CT molecular complexity index is 793. The number of nitrogens with zero attached hydrogens (tertiary/aromatic N) is 1. The zero-order valence-corrected chi connectivity index (χ0v) is 14.7. The molecule has 0 bridgehead atoms. The van der Waals surface area contributed by atoms with Gasteiger partial charge in [-0.15, -0.1) is 0 Å². The van der Waals surface area contributed by atoms with Crippen LogP contribution in [0.1, 0.15) is 23.6 Å². The fourth-order valence-corrected chi connectivity index (χ4v) is 3.80. The highest BCUT2D eigenvalue weighted by atomic mass is 32.2. The summed E-state index contributed by atoms with van der Waals surface area (Å²) in [6.45, 7) is 4.13. The minimum atomic E-state index is -0.0403. The molecule has 0 radical (unpaired) electrons. The number of carbonyl (C=O) groups excluding carboxylic acids is 1. The SMILES string of the molecule is CCc1ccccc1N1C(=O)C(=Cc2ccc(C)cc2)SC1=S. The first-order chi connectivity index (χ1) is 11.1. The lowest BCUT2D eigenvalue weighted by atomic mass is 10.1. The number of carbonyl (C=O) groups is 1. The molecule has 1 heterocycles. The van der Waals surface area contributed by atoms with Gasteiger partial charge in [-0.2, -0.15) is 0 Å². The number of aryl methyl sites for hydroxylation is 2. The molecule has 116 valence electrons. The molecule has 0 aromatic heterocycles. The van der Waals surface area contributed by atoms with Crippen molar-refractivity contribution in [1.82, 2.24) is 0 Å². The Labute approximate surface area is 146 Å². The van der Waals surface area contributed by atoms with Crippen molar-refractivity contribution < 1.29 is 4.79 Å². The van der Waals surface area contributed by atoms with Crippen molar-refractivity contribution in [2.75, 3.05) is 4.90 Å². The van der Waals surface area contributed by atoms with E-state index >= 15 is 0 Å². The Morgan fingerprint density at radius 3 is 2.52 bits per heavy atom. The van der Waals surface area contributed by atoms with E-state index in [1.54, 1.807) is 4.90 Å². The molecule has 0 aliphatic carbocycles. The van der Waals surface area contributed by atoms with Crippen LogP contribution in [0.25, 0.3) is 6.08 Å². The van der Waals surface area contributed by atoms with Crippen molar-refractivity contribution >= 4 is 46.0 Å². The molecule has 0 N–H and O–H groups in total. The number of thioether (sulfide) groups is 1. The predicted molar refractivity (Wildman–Crippen MR) is 103 cm³/mol. The van der Waals surface area contributed by atoms with Crippen molar-refractivity contribution in [3.63, 3.8) is 0 Å². The zero-order valence-electron chi connectivity index (χ0n) is 13.1. The van der Waals surface area contributed by atoms with Gasteiger partial charge in [0, 0.05) is 0 Å². The van der Waals surface area contributed by atoms with Gasteiger partial charge < -0.3 is 0 Å². The molecular weight excluding hydrogens is 322 g/mol. The van der Waals surface area contributed by atoms with Gasteiger partial charge in [-0.1, -0.05) is 78.9 Å². The number of hydrogen-bond acceptors (Lipinski definition) is 3. The highest BCUT2D eigenvalue weighted by Crippen LogP contribution is 2.37. The second kappa shape index (κ2) is 6.69. The zero-order chi connectivity index (χ0) is 16.4. The van der Waals surface area contributed by atoms with Gasteiger partial charge in [0.2, 0.25) is 0 Å². The van der Waals surface area contributed by atoms with E-state index < -0.39 is 0 Å². The maximum Gasteiger partial charge on any atom is 0.270 e. The number of para-hydroxylation sites is 1. The molecule has 2 aromatic rings. The standard InChI is InChI=1S/C19H17NOS2/c1-3-15-6-4-5-7-16(15)20-18(21)17(23-19(20)22)12-14-10-8-13(2)9-11-14/h4-12H,3H2,1-2H3. The van der Waals surface area contributed by atoms with E-state index in [2.05, 4.69) is 6.92 Å². The van der Waals surface area contributed by atoms with Crippen LogP contribution in [0, 0.1) is 6.92 Å². The first-order valence-electron chi connectivity index (χ1n) is 7.52. The second-order valence-corrected chi connectivity index (χ2v) is 7.09. The Balaban J connectivity index is 1.95. The molecule has 3 rings (SSSR count). The summed E-state index contributed by atoms with van der Waals surface area (Å²) in [6, 6.07) is 16.0. The molecule has 1 saturated heterocycles. The van der Waals surface area contributed by atoms with Crippen LogP contribution >= 0.6 is 24.0 Å². The number of benzene rings is 2. The number of rotatable bonds is 3. The van der Waals surface area contributed by atoms with E-state index in [0.29, 0.717) is 9.23 Å². The molecule has 0 saturated carbocycles. The van der Waals surface area contributed by atoms with E-state index in [1.807, 2.05) is 61.5 Å². The molecule has 0 spiro atoms. The highest BCUT2D eigenvalue weighted by Gasteiger charge is 2.34. The average Bonchev–Trinajstić information content (AvgIpc) is 2.83. The van der Waals surface area contributed by atoms with Crippen LogP contribution < -0.4 is 4.90 Å². The van der Waals surface area contributed by atoms with Gasteiger partial charge in [0.05, 0.1) is 10.6 Å². The normalized spacial score (nSPS) is 16.4. The van der Waals surface area contributed by atoms with Crippen molar-refractivity contribution in [1.29, 1.82) is 0 Å². The van der Waals surface area contributed by atoms with Gasteiger partial charge in [-0.3, -0.25) is 9.69 Å². The molecule has 0 atom stereocenters. The minimum Gasteiger partial charge on any atom is -0.268 e. The Kier molecular flexibility index (Phi) is 4.64. The van der Waals surface area contributed by atoms with Crippen LogP contribution in [0.15, 0.2) is 53.4 Å². The summed E-state index contributed by atoms with van der Waals surface area (Å²) in [5.74, 6) is -0.0403. The number of anilines is 1. The molecule has 0 unspecified atom stereocenters. The molecule has 1 aliphatic rings. The first-order valence-corrected chi connectivity index (χ1v) is 8.75. The minimum absolute atomic E-state index is 0.0403. The van der Waals surface area contributed by atoms with Crippen LogP contribution in [0.3, 0.4) is 0 Å². The van der Waals surface area contributed by atoms with Gasteiger partial charge in [-0.25, -0.2) is 0 Å². The average molecular weight is 339 g/mol. The van der Waals surface area contributed by atoms with Crippen molar-refractivity contribution in [3.05, 3.63) is 70.1 Å². The van der Waals surface area contributed by atoms with Crippen molar-refractivity contribution in [3.8, 4) is 0 Å². The maximum absolute atomic E-state index is 12.8. The van der Waals surface area contributed by atoms with Gasteiger partial charge in [-0.05, 0) is 36.6 Å². The van der Waals surface area contributed by atoms with Crippen LogP contribution in [0.5, 0.6) is 0 Å². The van der Waals surface area contributed by atoms with E-state index in [0.717, 1.165) is 23.2 Å². The fourth-order valence-electron chi connectivity index (χ4n) is 2.52. The lowest BCUT2D eigenvalue weighted by molar-refractivity contribution is -0.113. The summed E-state index contributed by atoms with van der Waals surface area (Å²) in [5.41, 5.74) is 4.23. The largest absolute Gasteiger partial charge is 0.270 e. The fraction of sp³-hybridized carbons (Fsp3) is 0.158. The summed E-state index contributed by atoms with van der Waals surface area (Å²) in [4.78, 5) is 15.1. The van der Waals surface area contributed by atoms with Gasteiger partial charge in [0.1, 0.15) is 0 Å². The highest BCUT2D eigenvalue weighted by molar-refractivity contribution is 8.27. The Hall–Kier alpha value is -1.91. The number of thiocarbonyl (C=S) groups is 1. The van der Waals surface area contributed by atoms with Gasteiger partial charge in [0.25, 0.3) is 5.91 Å². The summed E-state index contributed by atoms with van der Waals surface area (Å²) in [5, 5.41) is 0. The lowest BCUT2D eigenvalue weighted by Crippen LogP contribution is -2.28. The Morgan fingerprint density at radius 1 is 1.13 bits per heavy atom. The summed E-state index contributed by atoms with van der Waals surface area (Å²) >= 11 is 6.81. The van der Waals surface area contributed by atoms with E-state index in [9.17, 15) is 4.79 Å². The summed E-state index contributed by atoms with van der Waals surface area (Å²) in [6.07, 6.45) is 2.78.